The van der Waals surface area contributed by atoms with Gasteiger partial charge in [-0.1, -0.05) is 25.1 Å². The Morgan fingerprint density at radius 1 is 1.14 bits per heavy atom. The van der Waals surface area contributed by atoms with Crippen molar-refractivity contribution in [2.75, 3.05) is 7.11 Å². The second-order valence-electron chi connectivity index (χ2n) is 6.73. The average molecular weight is 375 g/mol. The van der Waals surface area contributed by atoms with E-state index in [1.54, 1.807) is 19.2 Å². The molecular weight excluding hydrogens is 352 g/mol. The highest BCUT2D eigenvalue weighted by atomic mass is 16.5. The highest BCUT2D eigenvalue weighted by molar-refractivity contribution is 5.95. The summed E-state index contributed by atoms with van der Waals surface area (Å²) < 4.78 is 15.2. The van der Waals surface area contributed by atoms with Crippen LogP contribution in [0.25, 0.3) is 11.0 Å². The van der Waals surface area contributed by atoms with Crippen molar-refractivity contribution in [2.24, 2.45) is 0 Å². The Labute approximate surface area is 163 Å². The molecule has 2 aromatic heterocycles. The fourth-order valence-corrected chi connectivity index (χ4v) is 3.50. The number of fused-ring (bicyclic) bond motifs is 1. The number of furan rings is 1. The van der Waals surface area contributed by atoms with Gasteiger partial charge in [0.1, 0.15) is 36.0 Å². The van der Waals surface area contributed by atoms with Gasteiger partial charge in [0.25, 0.3) is 5.82 Å². The number of carbonyl (C=O) groups excluding carboxylic acids is 1. The lowest BCUT2D eigenvalue weighted by molar-refractivity contribution is -0.690. The van der Waals surface area contributed by atoms with Gasteiger partial charge in [-0.05, 0) is 36.4 Å². The molecule has 142 valence electrons. The highest BCUT2D eigenvalue weighted by Gasteiger charge is 2.20. The van der Waals surface area contributed by atoms with Crippen molar-refractivity contribution >= 4 is 16.8 Å². The Hall–Kier alpha value is -3.34. The topological polar surface area (TPSA) is 48.2 Å². The molecular formula is C23H23N2O3+. The third kappa shape index (κ3) is 3.56. The van der Waals surface area contributed by atoms with E-state index in [4.69, 9.17) is 9.15 Å². The number of para-hydroxylation sites is 1. The van der Waals surface area contributed by atoms with Gasteiger partial charge in [0.15, 0.2) is 6.54 Å². The number of aromatic nitrogens is 2. The van der Waals surface area contributed by atoms with Crippen molar-refractivity contribution in [2.45, 2.75) is 26.4 Å². The molecule has 0 spiro atoms. The van der Waals surface area contributed by atoms with Crippen LogP contribution in [0.2, 0.25) is 0 Å². The molecule has 0 atom stereocenters. The molecule has 0 saturated carbocycles. The zero-order valence-electron chi connectivity index (χ0n) is 16.1. The number of rotatable bonds is 7. The van der Waals surface area contributed by atoms with Gasteiger partial charge in [-0.3, -0.25) is 4.79 Å². The van der Waals surface area contributed by atoms with Crippen LogP contribution in [0, 0.1) is 0 Å². The van der Waals surface area contributed by atoms with E-state index >= 15 is 0 Å². The second kappa shape index (κ2) is 7.72. The second-order valence-corrected chi connectivity index (χ2v) is 6.73. The summed E-state index contributed by atoms with van der Waals surface area (Å²) in [4.78, 5) is 12.7. The monoisotopic (exact) mass is 375 g/mol. The van der Waals surface area contributed by atoms with Crippen LogP contribution in [0.15, 0.2) is 71.4 Å². The predicted octanol–water partition coefficient (Wildman–Crippen LogP) is 4.02. The summed E-state index contributed by atoms with van der Waals surface area (Å²) in [6.07, 6.45) is 4.79. The average Bonchev–Trinajstić information content (AvgIpc) is 3.31. The van der Waals surface area contributed by atoms with E-state index in [9.17, 15) is 4.79 Å². The van der Waals surface area contributed by atoms with E-state index in [2.05, 4.69) is 17.6 Å². The lowest BCUT2D eigenvalue weighted by Gasteiger charge is -2.04. The third-order valence-electron chi connectivity index (χ3n) is 4.93. The van der Waals surface area contributed by atoms with E-state index in [0.717, 1.165) is 34.7 Å². The first-order chi connectivity index (χ1) is 13.7. The number of benzene rings is 2. The van der Waals surface area contributed by atoms with Crippen LogP contribution in [-0.4, -0.2) is 17.5 Å². The number of hydrogen-bond acceptors (Lipinski definition) is 3. The first-order valence-corrected chi connectivity index (χ1v) is 9.40. The molecule has 28 heavy (non-hydrogen) atoms. The number of ketones is 1. The fourth-order valence-electron chi connectivity index (χ4n) is 3.50. The zero-order valence-corrected chi connectivity index (χ0v) is 16.1. The first kappa shape index (κ1) is 18.0. The van der Waals surface area contributed by atoms with Crippen LogP contribution in [0.4, 0.5) is 0 Å². The Bertz CT molecular complexity index is 1070. The summed E-state index contributed by atoms with van der Waals surface area (Å²) in [6, 6.07) is 17.3. The Balaban J connectivity index is 1.54. The molecule has 0 unspecified atom stereocenters. The minimum absolute atomic E-state index is 0.0730. The maximum absolute atomic E-state index is 12.7. The Kier molecular flexibility index (Phi) is 4.98. The number of hydrogen-bond donors (Lipinski definition) is 0. The van der Waals surface area contributed by atoms with Gasteiger partial charge in [-0.25, -0.2) is 9.13 Å². The molecule has 4 aromatic rings. The van der Waals surface area contributed by atoms with Gasteiger partial charge in [0, 0.05) is 17.4 Å². The van der Waals surface area contributed by atoms with Crippen molar-refractivity contribution < 1.29 is 18.5 Å². The molecule has 0 N–H and O–H groups in total. The summed E-state index contributed by atoms with van der Waals surface area (Å²) in [5.74, 6) is 2.81. The quantitative estimate of drug-likeness (QED) is 0.362. The molecule has 0 amide bonds. The molecule has 0 aliphatic rings. The van der Waals surface area contributed by atoms with Crippen molar-refractivity contribution in [3.63, 3.8) is 0 Å². The minimum Gasteiger partial charge on any atom is -0.497 e. The maximum atomic E-state index is 12.7. The molecule has 0 saturated heterocycles. The number of Topliss-reactive ketones (excluding diaryl/α,β-unsaturated/α-hetero) is 1. The number of carbonyl (C=O) groups is 1. The summed E-state index contributed by atoms with van der Waals surface area (Å²) in [5.41, 5.74) is 1.57. The highest BCUT2D eigenvalue weighted by Crippen LogP contribution is 2.20. The van der Waals surface area contributed by atoms with Crippen LogP contribution in [0.1, 0.15) is 28.9 Å². The zero-order chi connectivity index (χ0) is 19.5. The number of nitrogens with zero attached hydrogens (tertiary/aromatic N) is 2. The standard InChI is InChI=1S/C23H23N2O3/c1-3-23-24(15-20-14-18-6-4-5-7-22(18)28-20)12-13-25(23)16-21(26)17-8-10-19(27-2)11-9-17/h4-14H,3,15-16H2,1-2H3/q+1. The lowest BCUT2D eigenvalue weighted by Crippen LogP contribution is -2.40. The SMILES string of the molecule is CCc1n(Cc2cc3ccccc3o2)cc[n+]1CC(=O)c1ccc(OC)cc1. The van der Waals surface area contributed by atoms with Gasteiger partial charge in [-0.15, -0.1) is 0 Å². The van der Waals surface area contributed by atoms with E-state index in [1.807, 2.05) is 53.4 Å². The summed E-state index contributed by atoms with van der Waals surface area (Å²) in [6.45, 7) is 3.04. The molecule has 0 bridgehead atoms. The summed E-state index contributed by atoms with van der Waals surface area (Å²) in [5, 5.41) is 1.10. The molecule has 5 nitrogen and oxygen atoms in total. The van der Waals surface area contributed by atoms with Crippen LogP contribution in [0.5, 0.6) is 5.75 Å². The summed E-state index contributed by atoms with van der Waals surface area (Å²) in [7, 11) is 1.62. The van der Waals surface area contributed by atoms with Crippen LogP contribution < -0.4 is 9.30 Å². The van der Waals surface area contributed by atoms with Crippen molar-refractivity contribution in [3.8, 4) is 5.75 Å². The third-order valence-corrected chi connectivity index (χ3v) is 4.93. The molecule has 0 aliphatic carbocycles. The molecule has 0 fully saturated rings. The van der Waals surface area contributed by atoms with Gasteiger partial charge < -0.3 is 9.15 Å². The maximum Gasteiger partial charge on any atom is 0.256 e. The predicted molar refractivity (Wildman–Crippen MR) is 107 cm³/mol. The van der Waals surface area contributed by atoms with Gasteiger partial charge >= 0.3 is 0 Å². The molecule has 2 heterocycles. The lowest BCUT2D eigenvalue weighted by atomic mass is 10.1. The molecule has 5 heteroatoms. The number of ether oxygens (including phenoxy) is 1. The van der Waals surface area contributed by atoms with E-state index in [-0.39, 0.29) is 5.78 Å². The molecule has 0 aliphatic heterocycles. The van der Waals surface area contributed by atoms with Crippen LogP contribution in [0.3, 0.4) is 0 Å². The Morgan fingerprint density at radius 3 is 2.64 bits per heavy atom. The van der Waals surface area contributed by atoms with Gasteiger partial charge in [0.05, 0.1) is 7.11 Å². The summed E-state index contributed by atoms with van der Waals surface area (Å²) >= 11 is 0. The number of imidazole rings is 1. The van der Waals surface area contributed by atoms with Gasteiger partial charge in [0.2, 0.25) is 5.78 Å². The van der Waals surface area contributed by atoms with E-state index in [0.29, 0.717) is 18.7 Å². The first-order valence-electron chi connectivity index (χ1n) is 9.40. The van der Waals surface area contributed by atoms with Gasteiger partial charge in [-0.2, -0.15) is 0 Å². The smallest absolute Gasteiger partial charge is 0.256 e. The molecule has 2 aromatic carbocycles. The van der Waals surface area contributed by atoms with Crippen molar-refractivity contribution in [3.05, 3.63) is 84.1 Å². The van der Waals surface area contributed by atoms with E-state index < -0.39 is 0 Å². The van der Waals surface area contributed by atoms with Crippen LogP contribution >= 0.6 is 0 Å². The fraction of sp³-hybridized carbons (Fsp3) is 0.217. The molecule has 0 radical (unpaired) electrons. The van der Waals surface area contributed by atoms with Crippen molar-refractivity contribution in [1.29, 1.82) is 0 Å². The molecule has 4 rings (SSSR count). The largest absolute Gasteiger partial charge is 0.497 e. The number of methoxy groups -OCH3 is 1. The van der Waals surface area contributed by atoms with Crippen LogP contribution in [-0.2, 0) is 19.5 Å². The Morgan fingerprint density at radius 2 is 1.93 bits per heavy atom. The normalized spacial score (nSPS) is 11.1. The van der Waals surface area contributed by atoms with E-state index in [1.165, 1.54) is 0 Å². The van der Waals surface area contributed by atoms with Crippen molar-refractivity contribution in [1.82, 2.24) is 4.57 Å². The minimum atomic E-state index is 0.0730.